The second kappa shape index (κ2) is 4.19. The Morgan fingerprint density at radius 1 is 1.38 bits per heavy atom. The second-order valence-electron chi connectivity index (χ2n) is 5.27. The summed E-state index contributed by atoms with van der Waals surface area (Å²) < 4.78 is 5.43. The predicted octanol–water partition coefficient (Wildman–Crippen LogP) is 2.31. The van der Waals surface area contributed by atoms with E-state index in [9.17, 15) is 0 Å². The molecular formula is C14H21NO. The molecule has 2 nitrogen and oxygen atoms in total. The standard InChI is InChI=1S/C14H21NO/c1-10-4-5-11(2)13(6-10)14(7-12(3)15)8-16-9-14/h4-6,12H,7-9,15H2,1-3H3. The van der Waals surface area contributed by atoms with Gasteiger partial charge in [0.1, 0.15) is 0 Å². The topological polar surface area (TPSA) is 35.2 Å². The Bertz CT molecular complexity index is 380. The zero-order chi connectivity index (χ0) is 11.8. The minimum absolute atomic E-state index is 0.171. The van der Waals surface area contributed by atoms with Gasteiger partial charge < -0.3 is 10.5 Å². The van der Waals surface area contributed by atoms with E-state index >= 15 is 0 Å². The fourth-order valence-electron chi connectivity index (χ4n) is 2.66. The van der Waals surface area contributed by atoms with Crippen LogP contribution in [0.25, 0.3) is 0 Å². The van der Waals surface area contributed by atoms with E-state index in [1.807, 2.05) is 0 Å². The Morgan fingerprint density at radius 3 is 2.56 bits per heavy atom. The first-order chi connectivity index (χ1) is 7.53. The summed E-state index contributed by atoms with van der Waals surface area (Å²) in [6.07, 6.45) is 1.01. The number of benzene rings is 1. The normalized spacial score (nSPS) is 20.2. The van der Waals surface area contributed by atoms with Gasteiger partial charge in [0.25, 0.3) is 0 Å². The SMILES string of the molecule is Cc1ccc(C)c(C2(CC(C)N)COC2)c1. The molecule has 1 unspecified atom stereocenters. The summed E-state index contributed by atoms with van der Waals surface area (Å²) in [4.78, 5) is 0. The molecule has 1 aliphatic heterocycles. The molecule has 0 aromatic heterocycles. The zero-order valence-corrected chi connectivity index (χ0v) is 10.4. The number of hydrogen-bond acceptors (Lipinski definition) is 2. The molecule has 0 bridgehead atoms. The minimum atomic E-state index is 0.171. The van der Waals surface area contributed by atoms with Crippen LogP contribution in [0.1, 0.15) is 30.0 Å². The smallest absolute Gasteiger partial charge is 0.0586 e. The van der Waals surface area contributed by atoms with Crippen molar-refractivity contribution >= 4 is 0 Å². The summed E-state index contributed by atoms with van der Waals surface area (Å²) in [6, 6.07) is 6.88. The first-order valence-electron chi connectivity index (χ1n) is 5.94. The summed E-state index contributed by atoms with van der Waals surface area (Å²) >= 11 is 0. The molecule has 16 heavy (non-hydrogen) atoms. The molecule has 1 heterocycles. The molecule has 88 valence electrons. The largest absolute Gasteiger partial charge is 0.379 e. The monoisotopic (exact) mass is 219 g/mol. The van der Waals surface area contributed by atoms with Crippen LogP contribution in [0.4, 0.5) is 0 Å². The lowest BCUT2D eigenvalue weighted by atomic mass is 9.72. The minimum Gasteiger partial charge on any atom is -0.379 e. The molecule has 1 fully saturated rings. The quantitative estimate of drug-likeness (QED) is 0.846. The highest BCUT2D eigenvalue weighted by Gasteiger charge is 2.41. The molecule has 0 spiro atoms. The first-order valence-corrected chi connectivity index (χ1v) is 5.94. The molecule has 0 saturated carbocycles. The zero-order valence-electron chi connectivity index (χ0n) is 10.4. The van der Waals surface area contributed by atoms with Crippen LogP contribution in [-0.2, 0) is 10.2 Å². The van der Waals surface area contributed by atoms with Crippen LogP contribution in [0.5, 0.6) is 0 Å². The van der Waals surface area contributed by atoms with Gasteiger partial charge in [-0.25, -0.2) is 0 Å². The maximum Gasteiger partial charge on any atom is 0.0586 e. The average molecular weight is 219 g/mol. The van der Waals surface area contributed by atoms with Crippen LogP contribution < -0.4 is 5.73 Å². The third kappa shape index (κ3) is 2.00. The maximum absolute atomic E-state index is 5.96. The number of rotatable bonds is 3. The van der Waals surface area contributed by atoms with Crippen molar-refractivity contribution in [3.63, 3.8) is 0 Å². The first kappa shape index (κ1) is 11.6. The van der Waals surface area contributed by atoms with Crippen LogP contribution in [0.3, 0.4) is 0 Å². The molecule has 2 rings (SSSR count). The predicted molar refractivity (Wildman–Crippen MR) is 66.7 cm³/mol. The number of hydrogen-bond donors (Lipinski definition) is 1. The van der Waals surface area contributed by atoms with Crippen molar-refractivity contribution in [2.75, 3.05) is 13.2 Å². The van der Waals surface area contributed by atoms with Crippen LogP contribution >= 0.6 is 0 Å². The van der Waals surface area contributed by atoms with Crippen molar-refractivity contribution in [2.24, 2.45) is 5.73 Å². The molecule has 0 amide bonds. The van der Waals surface area contributed by atoms with E-state index in [0.29, 0.717) is 0 Å². The molecule has 0 aliphatic carbocycles. The average Bonchev–Trinajstić information content (AvgIpc) is 2.15. The lowest BCUT2D eigenvalue weighted by molar-refractivity contribution is -0.0668. The van der Waals surface area contributed by atoms with Gasteiger partial charge in [-0.1, -0.05) is 23.8 Å². The third-order valence-electron chi connectivity index (χ3n) is 3.43. The van der Waals surface area contributed by atoms with E-state index in [1.165, 1.54) is 16.7 Å². The summed E-state index contributed by atoms with van der Waals surface area (Å²) in [5.41, 5.74) is 10.2. The van der Waals surface area contributed by atoms with Crippen LogP contribution in [0.2, 0.25) is 0 Å². The van der Waals surface area contributed by atoms with Gasteiger partial charge >= 0.3 is 0 Å². The lowest BCUT2D eigenvalue weighted by Crippen LogP contribution is -2.50. The van der Waals surface area contributed by atoms with E-state index in [2.05, 4.69) is 39.0 Å². The van der Waals surface area contributed by atoms with Gasteiger partial charge in [-0.3, -0.25) is 0 Å². The molecule has 1 atom stereocenters. The highest BCUT2D eigenvalue weighted by Crippen LogP contribution is 2.38. The van der Waals surface area contributed by atoms with Gasteiger partial charge in [-0.15, -0.1) is 0 Å². The number of nitrogens with two attached hydrogens (primary N) is 1. The number of ether oxygens (including phenoxy) is 1. The van der Waals surface area contributed by atoms with Crippen molar-refractivity contribution in [3.8, 4) is 0 Å². The Balaban J connectivity index is 2.36. The van der Waals surface area contributed by atoms with Gasteiger partial charge in [0.15, 0.2) is 0 Å². The van der Waals surface area contributed by atoms with Crippen molar-refractivity contribution in [1.82, 2.24) is 0 Å². The summed E-state index contributed by atoms with van der Waals surface area (Å²) in [5, 5.41) is 0. The van der Waals surface area contributed by atoms with Crippen molar-refractivity contribution in [3.05, 3.63) is 34.9 Å². The molecule has 0 radical (unpaired) electrons. The summed E-state index contributed by atoms with van der Waals surface area (Å²) in [5.74, 6) is 0. The van der Waals surface area contributed by atoms with E-state index in [1.54, 1.807) is 0 Å². The van der Waals surface area contributed by atoms with Crippen molar-refractivity contribution < 1.29 is 4.74 Å². The molecule has 1 aromatic carbocycles. The fourth-order valence-corrected chi connectivity index (χ4v) is 2.66. The van der Waals surface area contributed by atoms with Gasteiger partial charge in [0, 0.05) is 11.5 Å². The molecular weight excluding hydrogens is 198 g/mol. The third-order valence-corrected chi connectivity index (χ3v) is 3.43. The molecule has 2 N–H and O–H groups in total. The molecule has 2 heteroatoms. The van der Waals surface area contributed by atoms with Gasteiger partial charge in [-0.05, 0) is 38.3 Å². The molecule has 1 aliphatic rings. The Kier molecular flexibility index (Phi) is 3.04. The maximum atomic E-state index is 5.96. The summed E-state index contributed by atoms with van der Waals surface area (Å²) in [7, 11) is 0. The highest BCUT2D eigenvalue weighted by atomic mass is 16.5. The van der Waals surface area contributed by atoms with Crippen molar-refractivity contribution in [1.29, 1.82) is 0 Å². The second-order valence-corrected chi connectivity index (χ2v) is 5.27. The van der Waals surface area contributed by atoms with E-state index in [-0.39, 0.29) is 11.5 Å². The molecule has 1 saturated heterocycles. The van der Waals surface area contributed by atoms with Gasteiger partial charge in [0.05, 0.1) is 13.2 Å². The fraction of sp³-hybridized carbons (Fsp3) is 0.571. The highest BCUT2D eigenvalue weighted by molar-refractivity contribution is 5.38. The van der Waals surface area contributed by atoms with Crippen LogP contribution in [-0.4, -0.2) is 19.3 Å². The van der Waals surface area contributed by atoms with Crippen LogP contribution in [0, 0.1) is 13.8 Å². The van der Waals surface area contributed by atoms with Crippen molar-refractivity contribution in [2.45, 2.75) is 38.6 Å². The number of aryl methyl sites for hydroxylation is 2. The Hall–Kier alpha value is -0.860. The lowest BCUT2D eigenvalue weighted by Gasteiger charge is -2.44. The summed E-state index contributed by atoms with van der Waals surface area (Å²) in [6.45, 7) is 8.03. The van der Waals surface area contributed by atoms with Gasteiger partial charge in [-0.2, -0.15) is 0 Å². The van der Waals surface area contributed by atoms with E-state index in [4.69, 9.17) is 10.5 Å². The Morgan fingerprint density at radius 2 is 2.06 bits per heavy atom. The van der Waals surface area contributed by atoms with Crippen LogP contribution in [0.15, 0.2) is 18.2 Å². The van der Waals surface area contributed by atoms with Gasteiger partial charge in [0.2, 0.25) is 0 Å². The Labute approximate surface area is 97.8 Å². The van der Waals surface area contributed by atoms with E-state index < -0.39 is 0 Å². The molecule has 1 aromatic rings. The van der Waals surface area contributed by atoms with E-state index in [0.717, 1.165) is 19.6 Å².